The zero-order chi connectivity index (χ0) is 17.6. The number of hydrogen-bond donors (Lipinski definition) is 2. The molecule has 3 rings (SSSR count). The van der Waals surface area contributed by atoms with Gasteiger partial charge in [-0.2, -0.15) is 0 Å². The monoisotopic (exact) mass is 333 g/mol. The van der Waals surface area contributed by atoms with Crippen LogP contribution in [-0.4, -0.2) is 11.1 Å². The zero-order valence-corrected chi connectivity index (χ0v) is 13.7. The lowest BCUT2D eigenvalue weighted by Crippen LogP contribution is -2.06. The molecule has 3 N–H and O–H groups in total. The van der Waals surface area contributed by atoms with Gasteiger partial charge in [0.1, 0.15) is 12.4 Å². The molecule has 0 bridgehead atoms. The van der Waals surface area contributed by atoms with E-state index in [1.54, 1.807) is 6.07 Å². The van der Waals surface area contributed by atoms with E-state index in [1.165, 1.54) is 6.07 Å². The molecule has 0 aliphatic carbocycles. The molecule has 3 aromatic carbocycles. The van der Waals surface area contributed by atoms with E-state index in [0.717, 1.165) is 16.7 Å². The molecule has 126 valence electrons. The van der Waals surface area contributed by atoms with Crippen LogP contribution in [0.4, 0.5) is 5.69 Å². The van der Waals surface area contributed by atoms with E-state index in [1.807, 2.05) is 60.7 Å². The van der Waals surface area contributed by atoms with Gasteiger partial charge >= 0.3 is 5.97 Å². The topological polar surface area (TPSA) is 72.6 Å². The van der Waals surface area contributed by atoms with Crippen LogP contribution in [0.5, 0.6) is 5.75 Å². The number of nitrogens with two attached hydrogens (primary N) is 1. The van der Waals surface area contributed by atoms with Gasteiger partial charge in [0.15, 0.2) is 0 Å². The van der Waals surface area contributed by atoms with Crippen molar-refractivity contribution in [2.45, 2.75) is 13.0 Å². The maximum Gasteiger partial charge on any atom is 0.335 e. The normalized spacial score (nSPS) is 10.4. The average Bonchev–Trinajstić information content (AvgIpc) is 2.63. The Morgan fingerprint density at radius 2 is 1.52 bits per heavy atom. The Balaban J connectivity index is 1.93. The summed E-state index contributed by atoms with van der Waals surface area (Å²) in [6.07, 6.45) is 0.580. The van der Waals surface area contributed by atoms with Crippen molar-refractivity contribution < 1.29 is 14.6 Å². The number of ether oxygens (including phenoxy) is 1. The second-order valence-electron chi connectivity index (χ2n) is 5.78. The van der Waals surface area contributed by atoms with E-state index in [9.17, 15) is 9.90 Å². The number of carboxylic acid groups (broad SMARTS) is 1. The van der Waals surface area contributed by atoms with Gasteiger partial charge in [-0.3, -0.25) is 0 Å². The van der Waals surface area contributed by atoms with Crippen molar-refractivity contribution in [3.8, 4) is 5.75 Å². The SMILES string of the molecule is Nc1cc(C(=O)O)cc(OCc2ccccc2)c1Cc1ccccc1. The van der Waals surface area contributed by atoms with Crippen molar-refractivity contribution in [2.24, 2.45) is 0 Å². The molecule has 0 aliphatic rings. The first kappa shape index (κ1) is 16.6. The van der Waals surface area contributed by atoms with E-state index in [2.05, 4.69) is 0 Å². The molecular formula is C21H19NO3. The number of carbonyl (C=O) groups is 1. The standard InChI is InChI=1S/C21H19NO3/c22-19-12-17(21(23)24)13-20(25-14-16-9-5-2-6-10-16)18(19)11-15-7-3-1-4-8-15/h1-10,12-13H,11,14,22H2,(H,23,24). The Bertz CT molecular complexity index is 861. The molecule has 0 radical (unpaired) electrons. The average molecular weight is 333 g/mol. The maximum atomic E-state index is 11.3. The second kappa shape index (κ2) is 7.53. The number of aromatic carboxylic acids is 1. The molecule has 0 saturated heterocycles. The predicted octanol–water partition coefficient (Wildman–Crippen LogP) is 4.14. The van der Waals surface area contributed by atoms with Crippen LogP contribution in [0.25, 0.3) is 0 Å². The van der Waals surface area contributed by atoms with Crippen LogP contribution in [0, 0.1) is 0 Å². The lowest BCUT2D eigenvalue weighted by molar-refractivity contribution is 0.0696. The zero-order valence-electron chi connectivity index (χ0n) is 13.7. The van der Waals surface area contributed by atoms with Gasteiger partial charge in [0, 0.05) is 17.7 Å². The van der Waals surface area contributed by atoms with Crippen LogP contribution in [0.15, 0.2) is 72.8 Å². The van der Waals surface area contributed by atoms with Gasteiger partial charge < -0.3 is 15.6 Å². The van der Waals surface area contributed by atoms with E-state index < -0.39 is 5.97 Å². The molecule has 0 heterocycles. The van der Waals surface area contributed by atoms with E-state index >= 15 is 0 Å². The van der Waals surface area contributed by atoms with Gasteiger partial charge in [-0.15, -0.1) is 0 Å². The third-order valence-electron chi connectivity index (χ3n) is 3.95. The number of nitrogen functional groups attached to an aromatic ring is 1. The van der Waals surface area contributed by atoms with Crippen LogP contribution in [0.2, 0.25) is 0 Å². The fraction of sp³-hybridized carbons (Fsp3) is 0.0952. The molecule has 4 nitrogen and oxygen atoms in total. The molecule has 0 atom stereocenters. The molecule has 0 spiro atoms. The summed E-state index contributed by atoms with van der Waals surface area (Å²) in [4.78, 5) is 11.3. The van der Waals surface area contributed by atoms with Crippen LogP contribution in [0.3, 0.4) is 0 Å². The minimum absolute atomic E-state index is 0.123. The summed E-state index contributed by atoms with van der Waals surface area (Å²) in [6, 6.07) is 22.6. The number of benzene rings is 3. The Kier molecular flexibility index (Phi) is 5.00. The van der Waals surface area contributed by atoms with Gasteiger partial charge in [0.05, 0.1) is 5.56 Å². The van der Waals surface area contributed by atoms with Crippen molar-refractivity contribution in [1.29, 1.82) is 0 Å². The van der Waals surface area contributed by atoms with Crippen molar-refractivity contribution in [1.82, 2.24) is 0 Å². The molecule has 0 aromatic heterocycles. The summed E-state index contributed by atoms with van der Waals surface area (Å²) in [5.74, 6) is -0.521. The molecular weight excluding hydrogens is 314 g/mol. The molecule has 0 fully saturated rings. The summed E-state index contributed by atoms with van der Waals surface area (Å²) in [5, 5.41) is 9.29. The highest BCUT2D eigenvalue weighted by Gasteiger charge is 2.14. The summed E-state index contributed by atoms with van der Waals surface area (Å²) in [7, 11) is 0. The summed E-state index contributed by atoms with van der Waals surface area (Å²) >= 11 is 0. The van der Waals surface area contributed by atoms with Crippen LogP contribution in [-0.2, 0) is 13.0 Å². The summed E-state index contributed by atoms with van der Waals surface area (Å²) in [6.45, 7) is 0.352. The highest BCUT2D eigenvalue weighted by atomic mass is 16.5. The van der Waals surface area contributed by atoms with Crippen LogP contribution < -0.4 is 10.5 Å². The minimum atomic E-state index is -1.03. The number of rotatable bonds is 6. The Morgan fingerprint density at radius 3 is 2.12 bits per heavy atom. The largest absolute Gasteiger partial charge is 0.489 e. The fourth-order valence-electron chi connectivity index (χ4n) is 2.64. The van der Waals surface area contributed by atoms with Crippen LogP contribution in [0.1, 0.15) is 27.0 Å². The lowest BCUT2D eigenvalue weighted by Gasteiger charge is -2.15. The maximum absolute atomic E-state index is 11.3. The Hall–Kier alpha value is -3.27. The highest BCUT2D eigenvalue weighted by Crippen LogP contribution is 2.30. The van der Waals surface area contributed by atoms with Gasteiger partial charge in [-0.1, -0.05) is 60.7 Å². The van der Waals surface area contributed by atoms with E-state index in [0.29, 0.717) is 24.5 Å². The van der Waals surface area contributed by atoms with Crippen molar-refractivity contribution in [3.05, 3.63) is 95.1 Å². The molecule has 0 unspecified atom stereocenters. The van der Waals surface area contributed by atoms with Gasteiger partial charge in [-0.25, -0.2) is 4.79 Å². The lowest BCUT2D eigenvalue weighted by atomic mass is 10.00. The number of hydrogen-bond acceptors (Lipinski definition) is 3. The van der Waals surface area contributed by atoms with Gasteiger partial charge in [0.25, 0.3) is 0 Å². The first-order valence-electron chi connectivity index (χ1n) is 8.00. The van der Waals surface area contributed by atoms with Crippen molar-refractivity contribution >= 4 is 11.7 Å². The minimum Gasteiger partial charge on any atom is -0.489 e. The number of carboxylic acids is 1. The van der Waals surface area contributed by atoms with Gasteiger partial charge in [0.2, 0.25) is 0 Å². The third-order valence-corrected chi connectivity index (χ3v) is 3.95. The van der Waals surface area contributed by atoms with Crippen LogP contribution >= 0.6 is 0 Å². The Labute approximate surface area is 146 Å². The molecule has 4 heteroatoms. The fourth-order valence-corrected chi connectivity index (χ4v) is 2.64. The Morgan fingerprint density at radius 1 is 0.920 bits per heavy atom. The predicted molar refractivity (Wildman–Crippen MR) is 97.8 cm³/mol. The summed E-state index contributed by atoms with van der Waals surface area (Å²) < 4.78 is 5.92. The summed E-state index contributed by atoms with van der Waals surface area (Å²) in [5.41, 5.74) is 9.57. The molecule has 0 aliphatic heterocycles. The third kappa shape index (κ3) is 4.18. The van der Waals surface area contributed by atoms with E-state index in [-0.39, 0.29) is 5.56 Å². The molecule has 0 amide bonds. The smallest absolute Gasteiger partial charge is 0.335 e. The van der Waals surface area contributed by atoms with Gasteiger partial charge in [-0.05, 0) is 23.3 Å². The number of anilines is 1. The van der Waals surface area contributed by atoms with Crippen molar-refractivity contribution in [3.63, 3.8) is 0 Å². The molecule has 3 aromatic rings. The van der Waals surface area contributed by atoms with E-state index in [4.69, 9.17) is 10.5 Å². The molecule has 25 heavy (non-hydrogen) atoms. The first-order chi connectivity index (χ1) is 12.1. The highest BCUT2D eigenvalue weighted by molar-refractivity contribution is 5.90. The quantitative estimate of drug-likeness (QED) is 0.665. The molecule has 0 saturated carbocycles. The first-order valence-corrected chi connectivity index (χ1v) is 8.00. The second-order valence-corrected chi connectivity index (χ2v) is 5.78. The van der Waals surface area contributed by atoms with Crippen molar-refractivity contribution in [2.75, 3.05) is 5.73 Å².